The first-order valence-electron chi connectivity index (χ1n) is 7.94. The fourth-order valence-electron chi connectivity index (χ4n) is 2.52. The molecule has 0 spiro atoms. The number of hydrogen-bond donors (Lipinski definition) is 1. The number of rotatable bonds is 5. The zero-order valence-electron chi connectivity index (χ0n) is 15.2. The van der Waals surface area contributed by atoms with Crippen molar-refractivity contribution in [1.29, 1.82) is 0 Å². The molecule has 0 fully saturated rings. The molecule has 4 heteroatoms. The van der Waals surface area contributed by atoms with Gasteiger partial charge in [0.25, 0.3) is 0 Å². The Bertz CT molecular complexity index is 696. The molecule has 0 amide bonds. The van der Waals surface area contributed by atoms with Gasteiger partial charge in [-0.25, -0.2) is 0 Å². The second kappa shape index (κ2) is 7.14. The van der Waals surface area contributed by atoms with E-state index < -0.39 is 6.10 Å². The van der Waals surface area contributed by atoms with E-state index >= 15 is 0 Å². The number of benzene rings is 1. The molecule has 0 aliphatic carbocycles. The fourth-order valence-corrected chi connectivity index (χ4v) is 2.52. The second-order valence-electron chi connectivity index (χ2n) is 6.46. The molecule has 1 heterocycles. The Morgan fingerprint density at radius 2 is 1.92 bits per heavy atom. The lowest BCUT2D eigenvalue weighted by molar-refractivity contribution is 0.158. The van der Waals surface area contributed by atoms with Crippen molar-refractivity contribution >= 4 is 6.08 Å². The molecule has 0 aromatic heterocycles. The quantitative estimate of drug-likeness (QED) is 0.643. The zero-order chi connectivity index (χ0) is 17.9. The summed E-state index contributed by atoms with van der Waals surface area (Å²) in [4.78, 5) is 0. The van der Waals surface area contributed by atoms with Gasteiger partial charge in [-0.2, -0.15) is 0 Å². The van der Waals surface area contributed by atoms with Crippen LogP contribution in [0.25, 0.3) is 6.08 Å². The van der Waals surface area contributed by atoms with Crippen LogP contribution >= 0.6 is 0 Å². The van der Waals surface area contributed by atoms with Gasteiger partial charge in [0.15, 0.2) is 5.76 Å². The number of allylic oxidation sites excluding steroid dienone is 2. The molecule has 1 atom stereocenters. The Labute approximate surface area is 144 Å². The maximum absolute atomic E-state index is 10.6. The van der Waals surface area contributed by atoms with Crippen molar-refractivity contribution in [2.24, 2.45) is 0 Å². The summed E-state index contributed by atoms with van der Waals surface area (Å²) in [6.45, 7) is 7.71. The highest BCUT2D eigenvalue weighted by Gasteiger charge is 2.22. The summed E-state index contributed by atoms with van der Waals surface area (Å²) in [6.07, 6.45) is 5.11. The molecular formula is C20H26O4. The summed E-state index contributed by atoms with van der Waals surface area (Å²) < 4.78 is 16.4. The first-order chi connectivity index (χ1) is 11.3. The summed E-state index contributed by atoms with van der Waals surface area (Å²) >= 11 is 0. The number of methoxy groups -OCH3 is 2. The first kappa shape index (κ1) is 18.1. The van der Waals surface area contributed by atoms with Crippen LogP contribution in [-0.2, 0) is 9.47 Å². The molecule has 1 unspecified atom stereocenters. The van der Waals surface area contributed by atoms with E-state index in [1.807, 2.05) is 58.0 Å². The topological polar surface area (TPSA) is 47.9 Å². The average molecular weight is 330 g/mol. The molecule has 0 saturated carbocycles. The van der Waals surface area contributed by atoms with Gasteiger partial charge in [0, 0.05) is 5.56 Å². The minimum Gasteiger partial charge on any atom is -0.498 e. The Morgan fingerprint density at radius 1 is 1.21 bits per heavy atom. The van der Waals surface area contributed by atoms with Crippen molar-refractivity contribution in [3.05, 3.63) is 58.6 Å². The SMILES string of the molecule is CO/C(C)=C(/C=C(\C)C(O)c1ccc2c(c1)C=CC(C)(C)O2)OC. The van der Waals surface area contributed by atoms with Crippen LogP contribution in [-0.4, -0.2) is 24.9 Å². The van der Waals surface area contributed by atoms with Gasteiger partial charge in [0.1, 0.15) is 23.2 Å². The van der Waals surface area contributed by atoms with Gasteiger partial charge in [-0.15, -0.1) is 0 Å². The summed E-state index contributed by atoms with van der Waals surface area (Å²) in [7, 11) is 3.17. The zero-order valence-corrected chi connectivity index (χ0v) is 15.2. The minimum atomic E-state index is -0.728. The van der Waals surface area contributed by atoms with Crippen molar-refractivity contribution in [2.75, 3.05) is 14.2 Å². The van der Waals surface area contributed by atoms with Crippen LogP contribution in [0.2, 0.25) is 0 Å². The second-order valence-corrected chi connectivity index (χ2v) is 6.46. The standard InChI is InChI=1S/C20H26O4/c1-13(11-18(23-6)14(2)22-5)19(21)16-7-8-17-15(12-16)9-10-20(3,4)24-17/h7-12,19,21H,1-6H3/b13-11+,18-14-. The van der Waals surface area contributed by atoms with Crippen LogP contribution in [0.15, 0.2) is 47.4 Å². The Balaban J connectivity index is 2.29. The maximum Gasteiger partial charge on any atom is 0.156 e. The van der Waals surface area contributed by atoms with Gasteiger partial charge in [-0.05, 0) is 63.1 Å². The first-order valence-corrected chi connectivity index (χ1v) is 7.94. The van der Waals surface area contributed by atoms with E-state index in [4.69, 9.17) is 14.2 Å². The van der Waals surface area contributed by atoms with Crippen LogP contribution in [0.3, 0.4) is 0 Å². The molecular weight excluding hydrogens is 304 g/mol. The largest absolute Gasteiger partial charge is 0.498 e. The number of aliphatic hydroxyl groups is 1. The van der Waals surface area contributed by atoms with E-state index in [0.717, 1.165) is 22.4 Å². The van der Waals surface area contributed by atoms with Crippen molar-refractivity contribution in [3.8, 4) is 5.75 Å². The van der Waals surface area contributed by atoms with E-state index in [2.05, 4.69) is 0 Å². The van der Waals surface area contributed by atoms with Crippen LogP contribution in [0.5, 0.6) is 5.75 Å². The van der Waals surface area contributed by atoms with Gasteiger partial charge >= 0.3 is 0 Å². The summed E-state index contributed by atoms with van der Waals surface area (Å²) in [6, 6.07) is 5.73. The lowest BCUT2D eigenvalue weighted by Gasteiger charge is -2.28. The molecule has 1 aromatic carbocycles. The normalized spacial score (nSPS) is 18.2. The van der Waals surface area contributed by atoms with Gasteiger partial charge < -0.3 is 19.3 Å². The van der Waals surface area contributed by atoms with Gasteiger partial charge in [0.05, 0.1) is 14.2 Å². The van der Waals surface area contributed by atoms with Crippen molar-refractivity contribution < 1.29 is 19.3 Å². The molecule has 0 saturated heterocycles. The van der Waals surface area contributed by atoms with Crippen LogP contribution in [0, 0.1) is 0 Å². The monoisotopic (exact) mass is 330 g/mol. The van der Waals surface area contributed by atoms with Crippen LogP contribution in [0.1, 0.15) is 44.9 Å². The lowest BCUT2D eigenvalue weighted by Crippen LogP contribution is -2.27. The van der Waals surface area contributed by atoms with Gasteiger partial charge in [0.2, 0.25) is 0 Å². The Hall–Kier alpha value is -2.20. The molecule has 0 radical (unpaired) electrons. The Morgan fingerprint density at radius 3 is 2.54 bits per heavy atom. The highest BCUT2D eigenvalue weighted by molar-refractivity contribution is 5.62. The lowest BCUT2D eigenvalue weighted by atomic mass is 9.96. The smallest absolute Gasteiger partial charge is 0.156 e. The maximum atomic E-state index is 10.6. The molecule has 2 rings (SSSR count). The molecule has 4 nitrogen and oxygen atoms in total. The van der Waals surface area contributed by atoms with E-state index in [1.54, 1.807) is 20.3 Å². The molecule has 24 heavy (non-hydrogen) atoms. The molecule has 1 N–H and O–H groups in total. The highest BCUT2D eigenvalue weighted by Crippen LogP contribution is 2.34. The van der Waals surface area contributed by atoms with Crippen molar-refractivity contribution in [3.63, 3.8) is 0 Å². The van der Waals surface area contributed by atoms with E-state index in [1.165, 1.54) is 0 Å². The molecule has 1 aliphatic rings. The third kappa shape index (κ3) is 4.01. The predicted molar refractivity (Wildman–Crippen MR) is 95.6 cm³/mol. The van der Waals surface area contributed by atoms with Crippen molar-refractivity contribution in [2.45, 2.75) is 39.4 Å². The van der Waals surface area contributed by atoms with Crippen LogP contribution < -0.4 is 4.74 Å². The number of fused-ring (bicyclic) bond motifs is 1. The third-order valence-corrected chi connectivity index (χ3v) is 4.05. The van der Waals surface area contributed by atoms with Crippen molar-refractivity contribution in [1.82, 2.24) is 0 Å². The predicted octanol–water partition coefficient (Wildman–Crippen LogP) is 4.37. The number of hydrogen-bond acceptors (Lipinski definition) is 4. The molecule has 130 valence electrons. The third-order valence-electron chi connectivity index (χ3n) is 4.05. The van der Waals surface area contributed by atoms with Crippen LogP contribution in [0.4, 0.5) is 0 Å². The van der Waals surface area contributed by atoms with E-state index in [9.17, 15) is 5.11 Å². The number of ether oxygens (including phenoxy) is 3. The highest BCUT2D eigenvalue weighted by atomic mass is 16.5. The number of aliphatic hydroxyl groups excluding tert-OH is 1. The van der Waals surface area contributed by atoms with Gasteiger partial charge in [-0.1, -0.05) is 12.1 Å². The summed E-state index contributed by atoms with van der Waals surface area (Å²) in [5.41, 5.74) is 2.23. The van der Waals surface area contributed by atoms with E-state index in [-0.39, 0.29) is 5.60 Å². The van der Waals surface area contributed by atoms with E-state index in [0.29, 0.717) is 11.5 Å². The molecule has 0 bridgehead atoms. The Kier molecular flexibility index (Phi) is 5.40. The summed E-state index contributed by atoms with van der Waals surface area (Å²) in [5.74, 6) is 2.08. The minimum absolute atomic E-state index is 0.307. The molecule has 1 aliphatic heterocycles. The average Bonchev–Trinajstić information content (AvgIpc) is 2.56. The fraction of sp³-hybridized carbons (Fsp3) is 0.400. The summed E-state index contributed by atoms with van der Waals surface area (Å²) in [5, 5.41) is 10.6. The van der Waals surface area contributed by atoms with Gasteiger partial charge in [-0.3, -0.25) is 0 Å². The molecule has 1 aromatic rings.